The Labute approximate surface area is 110 Å². The maximum Gasteiger partial charge on any atom is 0.224 e. The minimum absolute atomic E-state index is 0.0135. The largest absolute Gasteiger partial charge is 0.391 e. The highest BCUT2D eigenvalue weighted by molar-refractivity contribution is 5.78. The number of rotatable bonds is 3. The summed E-state index contributed by atoms with van der Waals surface area (Å²) in [6.45, 7) is 0. The van der Waals surface area contributed by atoms with Gasteiger partial charge in [0.1, 0.15) is 0 Å². The molecule has 0 spiro atoms. The van der Waals surface area contributed by atoms with Crippen LogP contribution >= 0.6 is 0 Å². The molecule has 0 bridgehead atoms. The fraction of sp³-hybridized carbons (Fsp3) is 0.500. The number of nitrogens with one attached hydrogen (secondary N) is 1. The first-order chi connectivity index (χ1) is 9.06. The fourth-order valence-electron chi connectivity index (χ4n) is 2.37. The van der Waals surface area contributed by atoms with Gasteiger partial charge in [0.25, 0.3) is 0 Å². The number of benzene rings is 1. The number of carbonyl (C=O) groups excluding carboxylic acids is 1. The van der Waals surface area contributed by atoms with Crippen LogP contribution in [0.3, 0.4) is 0 Å². The topological polar surface area (TPSA) is 49.3 Å². The van der Waals surface area contributed by atoms with Crippen molar-refractivity contribution in [1.82, 2.24) is 5.32 Å². The summed E-state index contributed by atoms with van der Waals surface area (Å²) in [5.41, 5.74) is 0.418. The Balaban J connectivity index is 1.91. The molecule has 0 heterocycles. The molecule has 1 saturated carbocycles. The van der Waals surface area contributed by atoms with Crippen LogP contribution in [0.2, 0.25) is 0 Å². The number of amides is 1. The summed E-state index contributed by atoms with van der Waals surface area (Å²) < 4.78 is 25.8. The lowest BCUT2D eigenvalue weighted by molar-refractivity contribution is -0.122. The van der Waals surface area contributed by atoms with E-state index in [4.69, 9.17) is 0 Å². The van der Waals surface area contributed by atoms with Crippen LogP contribution in [0.1, 0.15) is 31.2 Å². The van der Waals surface area contributed by atoms with Crippen molar-refractivity contribution < 1.29 is 18.7 Å². The monoisotopic (exact) mass is 269 g/mol. The maximum absolute atomic E-state index is 13.0. The van der Waals surface area contributed by atoms with E-state index in [0.29, 0.717) is 12.0 Å². The molecule has 2 unspecified atom stereocenters. The van der Waals surface area contributed by atoms with Crippen LogP contribution in [0.15, 0.2) is 18.2 Å². The van der Waals surface area contributed by atoms with Crippen molar-refractivity contribution in [3.8, 4) is 0 Å². The molecule has 5 heteroatoms. The molecular weight excluding hydrogens is 252 g/mol. The van der Waals surface area contributed by atoms with Crippen LogP contribution in [0.25, 0.3) is 0 Å². The maximum atomic E-state index is 13.0. The van der Waals surface area contributed by atoms with E-state index in [2.05, 4.69) is 5.32 Å². The molecule has 1 aromatic carbocycles. The zero-order valence-corrected chi connectivity index (χ0v) is 10.5. The molecule has 1 aromatic rings. The van der Waals surface area contributed by atoms with Crippen molar-refractivity contribution in [3.05, 3.63) is 35.4 Å². The van der Waals surface area contributed by atoms with E-state index in [1.807, 2.05) is 0 Å². The van der Waals surface area contributed by atoms with E-state index in [9.17, 15) is 18.7 Å². The molecule has 3 nitrogen and oxygen atoms in total. The van der Waals surface area contributed by atoms with Crippen molar-refractivity contribution in [3.63, 3.8) is 0 Å². The lowest BCUT2D eigenvalue weighted by atomic mass is 9.92. The second-order valence-electron chi connectivity index (χ2n) is 4.95. The summed E-state index contributed by atoms with van der Waals surface area (Å²) in [4.78, 5) is 11.8. The summed E-state index contributed by atoms with van der Waals surface area (Å²) in [6, 6.07) is 3.18. The Hall–Kier alpha value is -1.49. The third-order valence-corrected chi connectivity index (χ3v) is 3.42. The second kappa shape index (κ2) is 6.10. The number of aliphatic hydroxyl groups is 1. The average Bonchev–Trinajstić information content (AvgIpc) is 2.37. The Kier molecular flexibility index (Phi) is 4.47. The minimum atomic E-state index is -0.956. The van der Waals surface area contributed by atoms with Crippen molar-refractivity contribution in [1.29, 1.82) is 0 Å². The van der Waals surface area contributed by atoms with Crippen LogP contribution < -0.4 is 5.32 Å². The number of aliphatic hydroxyl groups excluding tert-OH is 1. The highest BCUT2D eigenvalue weighted by Crippen LogP contribution is 2.18. The molecule has 0 saturated heterocycles. The number of hydrogen-bond donors (Lipinski definition) is 2. The van der Waals surface area contributed by atoms with Gasteiger partial charge in [-0.3, -0.25) is 4.79 Å². The molecule has 1 aliphatic carbocycles. The number of hydrogen-bond acceptors (Lipinski definition) is 2. The highest BCUT2D eigenvalue weighted by Gasteiger charge is 2.24. The first-order valence-corrected chi connectivity index (χ1v) is 6.47. The zero-order valence-electron chi connectivity index (χ0n) is 10.5. The quantitative estimate of drug-likeness (QED) is 0.881. The summed E-state index contributed by atoms with van der Waals surface area (Å²) >= 11 is 0. The molecule has 1 amide bonds. The molecule has 0 radical (unpaired) electrons. The van der Waals surface area contributed by atoms with Gasteiger partial charge in [0.2, 0.25) is 5.91 Å². The molecule has 1 fully saturated rings. The van der Waals surface area contributed by atoms with E-state index >= 15 is 0 Å². The molecule has 2 rings (SSSR count). The summed E-state index contributed by atoms with van der Waals surface area (Å²) in [5.74, 6) is -2.16. The van der Waals surface area contributed by atoms with Crippen LogP contribution in [0.5, 0.6) is 0 Å². The zero-order chi connectivity index (χ0) is 13.8. The van der Waals surface area contributed by atoms with Gasteiger partial charge in [-0.1, -0.05) is 18.9 Å². The molecule has 2 atom stereocenters. The van der Waals surface area contributed by atoms with Crippen molar-refractivity contribution in [2.75, 3.05) is 0 Å². The summed E-state index contributed by atoms with van der Waals surface area (Å²) in [5, 5.41) is 12.5. The molecule has 1 aliphatic rings. The first-order valence-electron chi connectivity index (χ1n) is 6.47. The van der Waals surface area contributed by atoms with Gasteiger partial charge in [0.05, 0.1) is 18.6 Å². The van der Waals surface area contributed by atoms with E-state index in [0.717, 1.165) is 31.4 Å². The Morgan fingerprint density at radius 1 is 1.26 bits per heavy atom. The fourth-order valence-corrected chi connectivity index (χ4v) is 2.37. The molecule has 0 aromatic heterocycles. The number of halogens is 2. The lowest BCUT2D eigenvalue weighted by Crippen LogP contribution is -2.45. The standard InChI is InChI=1S/C14H17F2NO2/c15-10-6-5-9(7-11(10)16)8-14(19)17-12-3-1-2-4-13(12)18/h5-7,12-13,18H,1-4,8H2,(H,17,19). The van der Waals surface area contributed by atoms with Crippen molar-refractivity contribution >= 4 is 5.91 Å². The number of carbonyl (C=O) groups is 1. The van der Waals surface area contributed by atoms with Gasteiger partial charge in [-0.15, -0.1) is 0 Å². The van der Waals surface area contributed by atoms with E-state index < -0.39 is 17.7 Å². The third-order valence-electron chi connectivity index (χ3n) is 3.42. The lowest BCUT2D eigenvalue weighted by Gasteiger charge is -2.28. The Morgan fingerprint density at radius 3 is 2.68 bits per heavy atom. The van der Waals surface area contributed by atoms with Gasteiger partial charge < -0.3 is 10.4 Å². The predicted octanol–water partition coefficient (Wildman–Crippen LogP) is 1.93. The van der Waals surface area contributed by atoms with Crippen molar-refractivity contribution in [2.45, 2.75) is 44.2 Å². The SMILES string of the molecule is O=C(Cc1ccc(F)c(F)c1)NC1CCCCC1O. The normalized spacial score (nSPS) is 23.1. The van der Waals surface area contributed by atoms with Crippen LogP contribution in [-0.2, 0) is 11.2 Å². The summed E-state index contributed by atoms with van der Waals surface area (Å²) in [6.07, 6.45) is 2.87. The Bertz CT molecular complexity index is 465. The van der Waals surface area contributed by atoms with Gasteiger partial charge in [0, 0.05) is 0 Å². The third kappa shape index (κ3) is 3.73. The predicted molar refractivity (Wildman–Crippen MR) is 66.5 cm³/mol. The molecule has 19 heavy (non-hydrogen) atoms. The van der Waals surface area contributed by atoms with Crippen LogP contribution in [0.4, 0.5) is 8.78 Å². The molecular formula is C14H17F2NO2. The van der Waals surface area contributed by atoms with Gasteiger partial charge in [0.15, 0.2) is 11.6 Å². The summed E-state index contributed by atoms with van der Waals surface area (Å²) in [7, 11) is 0. The molecule has 0 aliphatic heterocycles. The Morgan fingerprint density at radius 2 is 2.00 bits per heavy atom. The van der Waals surface area contributed by atoms with Gasteiger partial charge >= 0.3 is 0 Å². The van der Waals surface area contributed by atoms with E-state index in [-0.39, 0.29) is 18.4 Å². The second-order valence-corrected chi connectivity index (χ2v) is 4.95. The van der Waals surface area contributed by atoms with Crippen molar-refractivity contribution in [2.24, 2.45) is 0 Å². The van der Waals surface area contributed by atoms with E-state index in [1.54, 1.807) is 0 Å². The van der Waals surface area contributed by atoms with Gasteiger partial charge in [-0.05, 0) is 30.5 Å². The van der Waals surface area contributed by atoms with Gasteiger partial charge in [-0.2, -0.15) is 0 Å². The minimum Gasteiger partial charge on any atom is -0.391 e. The highest BCUT2D eigenvalue weighted by atomic mass is 19.2. The van der Waals surface area contributed by atoms with Crippen LogP contribution in [0, 0.1) is 11.6 Å². The van der Waals surface area contributed by atoms with Crippen LogP contribution in [-0.4, -0.2) is 23.2 Å². The first kappa shape index (κ1) is 13.9. The van der Waals surface area contributed by atoms with Gasteiger partial charge in [-0.25, -0.2) is 8.78 Å². The smallest absolute Gasteiger partial charge is 0.224 e. The average molecular weight is 269 g/mol. The molecule has 2 N–H and O–H groups in total. The van der Waals surface area contributed by atoms with E-state index in [1.165, 1.54) is 6.07 Å². The molecule has 104 valence electrons.